The van der Waals surface area contributed by atoms with Crippen LogP contribution in [0.1, 0.15) is 52.9 Å². The van der Waals surface area contributed by atoms with Gasteiger partial charge in [-0.3, -0.25) is 0 Å². The molecule has 0 aliphatic heterocycles. The van der Waals surface area contributed by atoms with Crippen LogP contribution in [0.4, 0.5) is 4.79 Å². The van der Waals surface area contributed by atoms with E-state index in [2.05, 4.69) is 19.2 Å². The van der Waals surface area contributed by atoms with Gasteiger partial charge in [0.15, 0.2) is 0 Å². The van der Waals surface area contributed by atoms with Crippen LogP contribution in [0.2, 0.25) is 0 Å². The molecule has 0 spiro atoms. The number of urea groups is 1. The quantitative estimate of drug-likeness (QED) is 0.815. The predicted molar refractivity (Wildman–Crippen MR) is 78.6 cm³/mol. The molecule has 1 rings (SSSR count). The van der Waals surface area contributed by atoms with Gasteiger partial charge in [-0.15, -0.1) is 0 Å². The van der Waals surface area contributed by atoms with Gasteiger partial charge in [0.25, 0.3) is 0 Å². The molecule has 2 unspecified atom stereocenters. The summed E-state index contributed by atoms with van der Waals surface area (Å²) in [5.74, 6) is -0.0517. The van der Waals surface area contributed by atoms with Crippen molar-refractivity contribution in [2.24, 2.45) is 11.8 Å². The molecule has 1 aliphatic carbocycles. The second-order valence-corrected chi connectivity index (χ2v) is 6.62. The molecule has 0 saturated heterocycles. The maximum absolute atomic E-state index is 12.2. The van der Waals surface area contributed by atoms with Gasteiger partial charge in [-0.1, -0.05) is 33.6 Å². The number of rotatable bonds is 5. The molecule has 0 heterocycles. The molecule has 1 aliphatic rings. The fourth-order valence-corrected chi connectivity index (χ4v) is 2.77. The van der Waals surface area contributed by atoms with E-state index in [0.29, 0.717) is 31.2 Å². The molecule has 116 valence electrons. The van der Waals surface area contributed by atoms with Crippen LogP contribution in [0.15, 0.2) is 0 Å². The minimum absolute atomic E-state index is 0.276. The first-order chi connectivity index (χ1) is 9.27. The minimum atomic E-state index is -1.08. The van der Waals surface area contributed by atoms with Gasteiger partial charge >= 0.3 is 12.0 Å². The average Bonchev–Trinajstić information content (AvgIpc) is 2.35. The topological polar surface area (TPSA) is 69.6 Å². The van der Waals surface area contributed by atoms with Gasteiger partial charge in [-0.25, -0.2) is 9.59 Å². The van der Waals surface area contributed by atoms with Gasteiger partial charge in [-0.05, 0) is 31.1 Å². The molecular formula is C15H28N2O3. The van der Waals surface area contributed by atoms with Gasteiger partial charge in [0, 0.05) is 13.6 Å². The van der Waals surface area contributed by atoms with Crippen LogP contribution < -0.4 is 5.32 Å². The Morgan fingerprint density at radius 3 is 2.60 bits per heavy atom. The molecule has 2 N–H and O–H groups in total. The molecule has 2 atom stereocenters. The first-order valence-electron chi connectivity index (χ1n) is 7.53. The Balaban J connectivity index is 2.66. The number of nitrogens with zero attached hydrogens (tertiary/aromatic N) is 1. The van der Waals surface area contributed by atoms with E-state index >= 15 is 0 Å². The predicted octanol–water partition coefficient (Wildman–Crippen LogP) is 2.71. The van der Waals surface area contributed by atoms with E-state index in [1.54, 1.807) is 11.9 Å². The van der Waals surface area contributed by atoms with Crippen LogP contribution in [0.3, 0.4) is 0 Å². The van der Waals surface area contributed by atoms with Crippen LogP contribution in [-0.2, 0) is 4.79 Å². The number of carboxylic acids is 1. The summed E-state index contributed by atoms with van der Waals surface area (Å²) in [7, 11) is 1.72. The summed E-state index contributed by atoms with van der Waals surface area (Å²) in [6, 6.07) is -0.276. The summed E-state index contributed by atoms with van der Waals surface area (Å²) in [6.45, 7) is 6.90. The largest absolute Gasteiger partial charge is 0.480 e. The maximum atomic E-state index is 12.2. The Bertz CT molecular complexity index is 357. The van der Waals surface area contributed by atoms with Gasteiger partial charge in [-0.2, -0.15) is 0 Å². The van der Waals surface area contributed by atoms with Crippen molar-refractivity contribution < 1.29 is 14.7 Å². The van der Waals surface area contributed by atoms with E-state index < -0.39 is 11.5 Å². The number of aliphatic carboxylic acids is 1. The zero-order valence-corrected chi connectivity index (χ0v) is 13.1. The lowest BCUT2D eigenvalue weighted by atomic mass is 9.76. The lowest BCUT2D eigenvalue weighted by Crippen LogP contribution is -2.59. The number of nitrogens with one attached hydrogen (secondary N) is 1. The molecule has 0 bridgehead atoms. The first-order valence-corrected chi connectivity index (χ1v) is 7.53. The molecule has 1 saturated carbocycles. The Hall–Kier alpha value is -1.26. The Morgan fingerprint density at radius 1 is 1.45 bits per heavy atom. The van der Waals surface area contributed by atoms with Crippen LogP contribution in [0.5, 0.6) is 0 Å². The number of carboxylic acid groups (broad SMARTS) is 1. The monoisotopic (exact) mass is 284 g/mol. The van der Waals surface area contributed by atoms with Crippen LogP contribution >= 0.6 is 0 Å². The Morgan fingerprint density at radius 2 is 2.10 bits per heavy atom. The van der Waals surface area contributed by atoms with Crippen LogP contribution in [0.25, 0.3) is 0 Å². The number of amides is 2. The molecular weight excluding hydrogens is 256 g/mol. The second-order valence-electron chi connectivity index (χ2n) is 6.62. The van der Waals surface area contributed by atoms with Gasteiger partial charge in [0.2, 0.25) is 0 Å². The highest BCUT2D eigenvalue weighted by Gasteiger charge is 2.43. The third-order valence-corrected chi connectivity index (χ3v) is 4.14. The second kappa shape index (κ2) is 6.95. The molecule has 5 nitrogen and oxygen atoms in total. The lowest BCUT2D eigenvalue weighted by Gasteiger charge is -2.38. The summed E-state index contributed by atoms with van der Waals surface area (Å²) in [6.07, 6.45) is 3.85. The fraction of sp³-hybridized carbons (Fsp3) is 0.867. The SMILES string of the molecule is CC(C)CCN(C)C(=O)NC1(C(=O)O)CCCC(C)C1. The molecule has 0 aromatic heterocycles. The Kier molecular flexibility index (Phi) is 5.84. The lowest BCUT2D eigenvalue weighted by molar-refractivity contribution is -0.146. The third kappa shape index (κ3) is 4.39. The van der Waals surface area contributed by atoms with E-state index in [1.165, 1.54) is 0 Å². The van der Waals surface area contributed by atoms with Crippen molar-refractivity contribution in [1.29, 1.82) is 0 Å². The van der Waals surface area contributed by atoms with Crippen molar-refractivity contribution in [3.8, 4) is 0 Å². The number of hydrogen-bond donors (Lipinski definition) is 2. The van der Waals surface area contributed by atoms with Crippen molar-refractivity contribution in [3.05, 3.63) is 0 Å². The summed E-state index contributed by atoms with van der Waals surface area (Å²) in [5, 5.41) is 12.3. The van der Waals surface area contributed by atoms with Gasteiger partial charge in [0.05, 0.1) is 0 Å². The van der Waals surface area contributed by atoms with Crippen molar-refractivity contribution in [2.75, 3.05) is 13.6 Å². The smallest absolute Gasteiger partial charge is 0.329 e. The van der Waals surface area contributed by atoms with Gasteiger partial charge < -0.3 is 15.3 Å². The fourth-order valence-electron chi connectivity index (χ4n) is 2.77. The normalized spacial score (nSPS) is 26.4. The van der Waals surface area contributed by atoms with Gasteiger partial charge in [0.1, 0.15) is 5.54 Å². The zero-order valence-electron chi connectivity index (χ0n) is 13.1. The van der Waals surface area contributed by atoms with Crippen molar-refractivity contribution in [3.63, 3.8) is 0 Å². The zero-order chi connectivity index (χ0) is 15.3. The van der Waals surface area contributed by atoms with Crippen LogP contribution in [0, 0.1) is 11.8 Å². The highest BCUT2D eigenvalue weighted by molar-refractivity contribution is 5.86. The van der Waals surface area contributed by atoms with Crippen molar-refractivity contribution in [2.45, 2.75) is 58.4 Å². The molecule has 0 aromatic carbocycles. The van der Waals surface area contributed by atoms with E-state index in [1.807, 2.05) is 6.92 Å². The summed E-state index contributed by atoms with van der Waals surface area (Å²) >= 11 is 0. The molecule has 0 radical (unpaired) electrons. The average molecular weight is 284 g/mol. The minimum Gasteiger partial charge on any atom is -0.480 e. The standard InChI is InChI=1S/C15H28N2O3/c1-11(2)7-9-17(4)14(20)16-15(13(18)19)8-5-6-12(3)10-15/h11-12H,5-10H2,1-4H3,(H,16,20)(H,18,19). The first kappa shape index (κ1) is 16.8. The molecule has 20 heavy (non-hydrogen) atoms. The molecule has 5 heteroatoms. The van der Waals surface area contributed by atoms with E-state index in [4.69, 9.17) is 0 Å². The number of carbonyl (C=O) groups is 2. The molecule has 2 amide bonds. The summed E-state index contributed by atoms with van der Waals surface area (Å²) in [4.78, 5) is 25.4. The maximum Gasteiger partial charge on any atom is 0.329 e. The Labute approximate surface area is 121 Å². The number of carbonyl (C=O) groups excluding carboxylic acids is 1. The number of hydrogen-bond acceptors (Lipinski definition) is 2. The third-order valence-electron chi connectivity index (χ3n) is 4.14. The highest BCUT2D eigenvalue weighted by atomic mass is 16.4. The summed E-state index contributed by atoms with van der Waals surface area (Å²) < 4.78 is 0. The highest BCUT2D eigenvalue weighted by Crippen LogP contribution is 2.32. The van der Waals surface area contributed by atoms with Crippen LogP contribution in [-0.4, -0.2) is 41.1 Å². The summed E-state index contributed by atoms with van der Waals surface area (Å²) in [5.41, 5.74) is -1.08. The van der Waals surface area contributed by atoms with Crippen molar-refractivity contribution >= 4 is 12.0 Å². The van der Waals surface area contributed by atoms with E-state index in [9.17, 15) is 14.7 Å². The molecule has 1 fully saturated rings. The van der Waals surface area contributed by atoms with E-state index in [-0.39, 0.29) is 6.03 Å². The van der Waals surface area contributed by atoms with Crippen molar-refractivity contribution in [1.82, 2.24) is 10.2 Å². The van der Waals surface area contributed by atoms with E-state index in [0.717, 1.165) is 19.3 Å². The molecule has 0 aromatic rings.